The normalized spacial score (nSPS) is 21.9. The molecule has 2 aromatic rings. The van der Waals surface area contributed by atoms with E-state index in [1.54, 1.807) is 6.92 Å². The second-order valence-corrected chi connectivity index (χ2v) is 7.51. The van der Waals surface area contributed by atoms with Crippen LogP contribution in [0.25, 0.3) is 11.1 Å². The van der Waals surface area contributed by atoms with Crippen molar-refractivity contribution in [3.05, 3.63) is 45.6 Å². The van der Waals surface area contributed by atoms with Gasteiger partial charge in [-0.15, -0.1) is 11.8 Å². The van der Waals surface area contributed by atoms with Crippen LogP contribution in [0, 0.1) is 0 Å². The van der Waals surface area contributed by atoms with Gasteiger partial charge in [0.05, 0.1) is 5.52 Å². The monoisotopic (exact) mass is 389 g/mol. The molecular formula is C17H15N3O6S. The Hall–Kier alpha value is -3.01. The highest BCUT2D eigenvalue weighted by Crippen LogP contribution is 2.40. The Kier molecular flexibility index (Phi) is 3.88. The number of carbonyl (C=O) groups excluding carboxylic acids is 2. The summed E-state index contributed by atoms with van der Waals surface area (Å²) in [4.78, 5) is 49.2. The quantitative estimate of drug-likeness (QED) is 0.733. The van der Waals surface area contributed by atoms with Gasteiger partial charge in [-0.25, -0.2) is 9.59 Å². The average Bonchev–Trinajstić information content (AvgIpc) is 2.92. The Morgan fingerprint density at radius 1 is 1.33 bits per heavy atom. The van der Waals surface area contributed by atoms with Crippen LogP contribution in [0.3, 0.4) is 0 Å². The lowest BCUT2D eigenvalue weighted by Gasteiger charge is -2.49. The van der Waals surface area contributed by atoms with E-state index in [4.69, 9.17) is 4.42 Å². The molecule has 0 bridgehead atoms. The minimum absolute atomic E-state index is 0.0101. The number of aliphatic carboxylic acids is 1. The number of fused-ring (bicyclic) bond motifs is 2. The van der Waals surface area contributed by atoms with Gasteiger partial charge >= 0.3 is 11.7 Å². The third kappa shape index (κ3) is 2.55. The van der Waals surface area contributed by atoms with Crippen LogP contribution >= 0.6 is 11.8 Å². The molecule has 1 aromatic carbocycles. The molecule has 2 unspecified atom stereocenters. The van der Waals surface area contributed by atoms with Gasteiger partial charge in [0.1, 0.15) is 17.1 Å². The maximum Gasteiger partial charge on any atom is 0.419 e. The third-order valence-corrected chi connectivity index (χ3v) is 6.13. The van der Waals surface area contributed by atoms with E-state index < -0.39 is 35.0 Å². The molecular weight excluding hydrogens is 374 g/mol. The van der Waals surface area contributed by atoms with Crippen molar-refractivity contribution in [3.63, 3.8) is 0 Å². The van der Waals surface area contributed by atoms with E-state index in [9.17, 15) is 24.3 Å². The van der Waals surface area contributed by atoms with Gasteiger partial charge in [0.2, 0.25) is 0 Å². The summed E-state index contributed by atoms with van der Waals surface area (Å²) in [5.74, 6) is -2.14. The summed E-state index contributed by atoms with van der Waals surface area (Å²) in [6.45, 7) is 1.68. The highest BCUT2D eigenvalue weighted by molar-refractivity contribution is 8.00. The number of rotatable bonds is 3. The van der Waals surface area contributed by atoms with E-state index in [1.807, 2.05) is 0 Å². The number of carbonyl (C=O) groups is 3. The summed E-state index contributed by atoms with van der Waals surface area (Å²) in [5, 5.41) is 11.6. The van der Waals surface area contributed by atoms with Crippen LogP contribution in [0.4, 0.5) is 0 Å². The fourth-order valence-corrected chi connectivity index (χ4v) is 4.56. The highest BCUT2D eigenvalue weighted by Gasteiger charge is 2.53. The number of hydrogen-bond donors (Lipinski definition) is 2. The van der Waals surface area contributed by atoms with Crippen molar-refractivity contribution in [1.29, 1.82) is 0 Å². The Labute approximate surface area is 156 Å². The van der Waals surface area contributed by atoms with Crippen molar-refractivity contribution in [2.24, 2.45) is 7.05 Å². The average molecular weight is 389 g/mol. The summed E-state index contributed by atoms with van der Waals surface area (Å²) < 4.78 is 6.31. The van der Waals surface area contributed by atoms with Gasteiger partial charge in [-0.05, 0) is 30.7 Å². The first-order valence-corrected chi connectivity index (χ1v) is 9.12. The van der Waals surface area contributed by atoms with E-state index >= 15 is 0 Å². The molecule has 10 heteroatoms. The predicted molar refractivity (Wildman–Crippen MR) is 96.1 cm³/mol. The summed E-state index contributed by atoms with van der Waals surface area (Å²) >= 11 is 1.41. The van der Waals surface area contributed by atoms with Gasteiger partial charge in [0.15, 0.2) is 5.58 Å². The lowest BCUT2D eigenvalue weighted by molar-refractivity contribution is -0.148. The number of oxazole rings is 1. The van der Waals surface area contributed by atoms with Crippen LogP contribution < -0.4 is 11.1 Å². The molecule has 1 aromatic heterocycles. The van der Waals surface area contributed by atoms with Gasteiger partial charge in [-0.2, -0.15) is 0 Å². The Bertz CT molecular complexity index is 1100. The third-order valence-electron chi connectivity index (χ3n) is 4.70. The maximum atomic E-state index is 12.6. The molecule has 2 aliphatic rings. The molecule has 0 spiro atoms. The topological polar surface area (TPSA) is 122 Å². The first kappa shape index (κ1) is 17.4. The molecule has 9 nitrogen and oxygen atoms in total. The lowest BCUT2D eigenvalue weighted by Crippen LogP contribution is -2.70. The molecule has 2 atom stereocenters. The fraction of sp³-hybridized carbons (Fsp3) is 0.294. The van der Waals surface area contributed by atoms with E-state index in [0.717, 1.165) is 0 Å². The zero-order chi connectivity index (χ0) is 19.5. The number of nitrogens with zero attached hydrogens (tertiary/aromatic N) is 2. The lowest BCUT2D eigenvalue weighted by atomic mass is 10.0. The number of thioether (sulfide) groups is 1. The van der Waals surface area contributed by atoms with Crippen molar-refractivity contribution >= 4 is 40.6 Å². The van der Waals surface area contributed by atoms with Crippen molar-refractivity contribution < 1.29 is 23.9 Å². The van der Waals surface area contributed by atoms with Crippen LogP contribution in [-0.4, -0.2) is 49.5 Å². The van der Waals surface area contributed by atoms with Crippen molar-refractivity contribution in [2.75, 3.05) is 5.75 Å². The molecule has 1 saturated heterocycles. The summed E-state index contributed by atoms with van der Waals surface area (Å²) in [6.07, 6.45) is 0. The second kappa shape index (κ2) is 6.02. The number of carboxylic acids is 1. The van der Waals surface area contributed by atoms with Gasteiger partial charge in [0.25, 0.3) is 11.8 Å². The van der Waals surface area contributed by atoms with Crippen LogP contribution in [0.1, 0.15) is 17.3 Å². The molecule has 2 aliphatic heterocycles. The second-order valence-electron chi connectivity index (χ2n) is 6.40. The Balaban J connectivity index is 1.56. The highest BCUT2D eigenvalue weighted by atomic mass is 32.2. The number of amides is 2. The summed E-state index contributed by atoms with van der Waals surface area (Å²) in [7, 11) is 1.53. The molecule has 2 N–H and O–H groups in total. The SMILES string of the molecule is CC1=C(C(=O)O)N2C(=O)C(NC(=O)c3ccc4oc(=O)n(C)c4c3)C2SC1. The molecule has 0 radical (unpaired) electrons. The molecule has 0 saturated carbocycles. The molecule has 140 valence electrons. The van der Waals surface area contributed by atoms with E-state index in [1.165, 1.54) is 46.5 Å². The van der Waals surface area contributed by atoms with E-state index in [2.05, 4.69) is 5.32 Å². The summed E-state index contributed by atoms with van der Waals surface area (Å²) in [6, 6.07) is 3.73. The van der Waals surface area contributed by atoms with E-state index in [0.29, 0.717) is 22.4 Å². The Morgan fingerprint density at radius 3 is 2.78 bits per heavy atom. The van der Waals surface area contributed by atoms with Crippen molar-refractivity contribution in [1.82, 2.24) is 14.8 Å². The zero-order valence-electron chi connectivity index (χ0n) is 14.4. The predicted octanol–water partition coefficient (Wildman–Crippen LogP) is 0.504. The van der Waals surface area contributed by atoms with Gasteiger partial charge in [-0.3, -0.25) is 19.1 Å². The molecule has 27 heavy (non-hydrogen) atoms. The maximum absolute atomic E-state index is 12.6. The number of β-lactam (4-membered cyclic amide) rings is 1. The first-order chi connectivity index (χ1) is 12.8. The number of aromatic nitrogens is 1. The number of benzene rings is 1. The molecule has 1 fully saturated rings. The van der Waals surface area contributed by atoms with Crippen LogP contribution in [-0.2, 0) is 16.6 Å². The van der Waals surface area contributed by atoms with Crippen LogP contribution in [0.5, 0.6) is 0 Å². The van der Waals surface area contributed by atoms with Gasteiger partial charge < -0.3 is 14.8 Å². The number of carboxylic acid groups (broad SMARTS) is 1. The van der Waals surface area contributed by atoms with Crippen molar-refractivity contribution in [2.45, 2.75) is 18.3 Å². The minimum atomic E-state index is -1.15. The van der Waals surface area contributed by atoms with E-state index in [-0.39, 0.29) is 11.3 Å². The number of nitrogens with one attached hydrogen (secondary N) is 1. The number of hydrogen-bond acceptors (Lipinski definition) is 6. The zero-order valence-corrected chi connectivity index (χ0v) is 15.2. The largest absolute Gasteiger partial charge is 0.477 e. The minimum Gasteiger partial charge on any atom is -0.477 e. The van der Waals surface area contributed by atoms with Crippen molar-refractivity contribution in [3.8, 4) is 0 Å². The Morgan fingerprint density at radius 2 is 2.07 bits per heavy atom. The standard InChI is InChI=1S/C17H15N3O6S/c1-7-6-27-15-11(14(22)20(15)12(7)16(23)24)18-13(21)8-3-4-10-9(5-8)19(2)17(25)26-10/h3-5,11,15H,6H2,1-2H3,(H,18,21)(H,23,24). The van der Waals surface area contributed by atoms with Gasteiger partial charge in [0, 0.05) is 18.4 Å². The van der Waals surface area contributed by atoms with Crippen LogP contribution in [0.15, 0.2) is 38.7 Å². The molecule has 0 aliphatic carbocycles. The molecule has 3 heterocycles. The number of aryl methyl sites for hydroxylation is 1. The smallest absolute Gasteiger partial charge is 0.419 e. The fourth-order valence-electron chi connectivity index (χ4n) is 3.27. The molecule has 2 amide bonds. The summed E-state index contributed by atoms with van der Waals surface area (Å²) in [5.41, 5.74) is 1.71. The van der Waals surface area contributed by atoms with Crippen LogP contribution in [0.2, 0.25) is 0 Å². The first-order valence-electron chi connectivity index (χ1n) is 8.07. The van der Waals surface area contributed by atoms with Gasteiger partial charge in [-0.1, -0.05) is 0 Å². The molecule has 4 rings (SSSR count).